The molecule has 0 saturated carbocycles. The molecule has 3 nitrogen and oxygen atoms in total. The highest BCUT2D eigenvalue weighted by atomic mass is 32.1. The standard InChI is InChI=1S/C13H17N3S/c1-10-2-5-13(17-10)12(16-14)4-3-11-6-8-15-9-7-11/h2,5-9,12,16H,3-4,14H2,1H3. The van der Waals surface area contributed by atoms with Crippen molar-refractivity contribution >= 4 is 11.3 Å². The van der Waals surface area contributed by atoms with Gasteiger partial charge >= 0.3 is 0 Å². The molecule has 1 atom stereocenters. The van der Waals surface area contributed by atoms with Crippen molar-refractivity contribution in [3.05, 3.63) is 52.0 Å². The van der Waals surface area contributed by atoms with Crippen LogP contribution in [0.25, 0.3) is 0 Å². The fourth-order valence-electron chi connectivity index (χ4n) is 1.81. The Hall–Kier alpha value is -1.23. The molecule has 1 unspecified atom stereocenters. The van der Waals surface area contributed by atoms with E-state index in [-0.39, 0.29) is 6.04 Å². The molecule has 0 aliphatic rings. The number of aryl methyl sites for hydroxylation is 2. The number of aromatic nitrogens is 1. The lowest BCUT2D eigenvalue weighted by Crippen LogP contribution is -2.27. The lowest BCUT2D eigenvalue weighted by molar-refractivity contribution is 0.524. The number of nitrogens with two attached hydrogens (primary N) is 1. The number of thiophene rings is 1. The summed E-state index contributed by atoms with van der Waals surface area (Å²) in [5.74, 6) is 5.62. The zero-order chi connectivity index (χ0) is 12.1. The Morgan fingerprint density at radius 1 is 1.29 bits per heavy atom. The van der Waals surface area contributed by atoms with Gasteiger partial charge in [-0.1, -0.05) is 0 Å². The highest BCUT2D eigenvalue weighted by molar-refractivity contribution is 7.12. The van der Waals surface area contributed by atoms with Gasteiger partial charge in [-0.15, -0.1) is 11.3 Å². The topological polar surface area (TPSA) is 50.9 Å². The van der Waals surface area contributed by atoms with E-state index in [0.29, 0.717) is 0 Å². The molecule has 2 aromatic rings. The number of rotatable bonds is 5. The van der Waals surface area contributed by atoms with Crippen LogP contribution in [0.4, 0.5) is 0 Å². The second kappa shape index (κ2) is 5.91. The Balaban J connectivity index is 1.97. The van der Waals surface area contributed by atoms with Crippen LogP contribution in [-0.2, 0) is 6.42 Å². The largest absolute Gasteiger partial charge is 0.271 e. The molecule has 0 amide bonds. The quantitative estimate of drug-likeness (QED) is 0.630. The van der Waals surface area contributed by atoms with Crippen LogP contribution in [0.1, 0.15) is 27.8 Å². The van der Waals surface area contributed by atoms with Crippen LogP contribution >= 0.6 is 11.3 Å². The number of hydrazine groups is 1. The maximum Gasteiger partial charge on any atom is 0.0556 e. The molecule has 0 saturated heterocycles. The first-order chi connectivity index (χ1) is 8.29. The predicted octanol–water partition coefficient (Wildman–Crippen LogP) is 2.59. The zero-order valence-corrected chi connectivity index (χ0v) is 10.7. The number of hydrogen-bond donors (Lipinski definition) is 2. The fourth-order valence-corrected chi connectivity index (χ4v) is 2.78. The number of nitrogens with zero attached hydrogens (tertiary/aromatic N) is 1. The highest BCUT2D eigenvalue weighted by Gasteiger charge is 2.11. The molecular weight excluding hydrogens is 230 g/mol. The van der Waals surface area contributed by atoms with Gasteiger partial charge in [0.1, 0.15) is 0 Å². The molecule has 0 bridgehead atoms. The van der Waals surface area contributed by atoms with Crippen LogP contribution in [0.3, 0.4) is 0 Å². The van der Waals surface area contributed by atoms with Gasteiger partial charge in [-0.25, -0.2) is 0 Å². The first kappa shape index (κ1) is 12.2. The summed E-state index contributed by atoms with van der Waals surface area (Å²) in [6.45, 7) is 2.12. The minimum absolute atomic E-state index is 0.238. The minimum atomic E-state index is 0.238. The van der Waals surface area contributed by atoms with Gasteiger partial charge in [0.15, 0.2) is 0 Å². The van der Waals surface area contributed by atoms with Crippen LogP contribution in [-0.4, -0.2) is 4.98 Å². The summed E-state index contributed by atoms with van der Waals surface area (Å²) in [4.78, 5) is 6.64. The van der Waals surface area contributed by atoms with E-state index < -0.39 is 0 Å². The third kappa shape index (κ3) is 3.36. The molecule has 90 valence electrons. The molecular formula is C13H17N3S. The maximum absolute atomic E-state index is 5.62. The van der Waals surface area contributed by atoms with Gasteiger partial charge in [0.2, 0.25) is 0 Å². The lowest BCUT2D eigenvalue weighted by Gasteiger charge is -2.13. The van der Waals surface area contributed by atoms with E-state index in [1.54, 1.807) is 11.3 Å². The average Bonchev–Trinajstić information content (AvgIpc) is 2.78. The van der Waals surface area contributed by atoms with E-state index in [9.17, 15) is 0 Å². The molecule has 2 aromatic heterocycles. The third-order valence-electron chi connectivity index (χ3n) is 2.78. The number of nitrogens with one attached hydrogen (secondary N) is 1. The SMILES string of the molecule is Cc1ccc(C(CCc2ccncc2)NN)s1. The van der Waals surface area contributed by atoms with E-state index >= 15 is 0 Å². The fraction of sp³-hybridized carbons (Fsp3) is 0.308. The molecule has 3 N–H and O–H groups in total. The molecule has 0 aromatic carbocycles. The van der Waals surface area contributed by atoms with E-state index in [1.807, 2.05) is 24.5 Å². The van der Waals surface area contributed by atoms with Crippen molar-refractivity contribution in [3.63, 3.8) is 0 Å². The summed E-state index contributed by atoms with van der Waals surface area (Å²) in [6.07, 6.45) is 5.67. The number of hydrogen-bond acceptors (Lipinski definition) is 4. The molecule has 17 heavy (non-hydrogen) atoms. The van der Waals surface area contributed by atoms with Gasteiger partial charge in [-0.05, 0) is 49.6 Å². The van der Waals surface area contributed by atoms with Crippen LogP contribution in [0, 0.1) is 6.92 Å². The van der Waals surface area contributed by atoms with Crippen LogP contribution < -0.4 is 11.3 Å². The Labute approximate surface area is 106 Å². The van der Waals surface area contributed by atoms with Crippen LogP contribution in [0.5, 0.6) is 0 Å². The lowest BCUT2D eigenvalue weighted by atomic mass is 10.1. The van der Waals surface area contributed by atoms with Crippen molar-refractivity contribution < 1.29 is 0 Å². The summed E-state index contributed by atoms with van der Waals surface area (Å²) < 4.78 is 0. The second-order valence-corrected chi connectivity index (χ2v) is 5.38. The Bertz CT molecular complexity index is 453. The Morgan fingerprint density at radius 2 is 2.06 bits per heavy atom. The van der Waals surface area contributed by atoms with Crippen molar-refractivity contribution in [3.8, 4) is 0 Å². The minimum Gasteiger partial charge on any atom is -0.271 e. The molecule has 2 heterocycles. The van der Waals surface area contributed by atoms with Crippen molar-refractivity contribution in [1.29, 1.82) is 0 Å². The number of pyridine rings is 1. The van der Waals surface area contributed by atoms with Crippen molar-refractivity contribution in [2.45, 2.75) is 25.8 Å². The van der Waals surface area contributed by atoms with Gasteiger partial charge < -0.3 is 0 Å². The maximum atomic E-state index is 5.62. The normalized spacial score (nSPS) is 12.6. The summed E-state index contributed by atoms with van der Waals surface area (Å²) in [5, 5.41) is 0. The molecule has 2 rings (SSSR count). The monoisotopic (exact) mass is 247 g/mol. The van der Waals surface area contributed by atoms with E-state index in [4.69, 9.17) is 5.84 Å². The highest BCUT2D eigenvalue weighted by Crippen LogP contribution is 2.25. The van der Waals surface area contributed by atoms with E-state index in [2.05, 4.69) is 29.5 Å². The van der Waals surface area contributed by atoms with E-state index in [0.717, 1.165) is 12.8 Å². The van der Waals surface area contributed by atoms with Gasteiger partial charge in [-0.3, -0.25) is 16.3 Å². The van der Waals surface area contributed by atoms with Gasteiger partial charge in [0.25, 0.3) is 0 Å². The molecule has 0 radical (unpaired) electrons. The summed E-state index contributed by atoms with van der Waals surface area (Å²) >= 11 is 1.80. The van der Waals surface area contributed by atoms with Crippen molar-refractivity contribution in [1.82, 2.24) is 10.4 Å². The molecule has 0 spiro atoms. The van der Waals surface area contributed by atoms with Gasteiger partial charge in [0.05, 0.1) is 6.04 Å². The average molecular weight is 247 g/mol. The predicted molar refractivity (Wildman–Crippen MR) is 71.7 cm³/mol. The first-order valence-electron chi connectivity index (χ1n) is 5.71. The molecule has 0 aliphatic heterocycles. The summed E-state index contributed by atoms with van der Waals surface area (Å²) in [6, 6.07) is 8.62. The smallest absolute Gasteiger partial charge is 0.0556 e. The van der Waals surface area contributed by atoms with Gasteiger partial charge in [-0.2, -0.15) is 0 Å². The second-order valence-electron chi connectivity index (χ2n) is 4.06. The van der Waals surface area contributed by atoms with Crippen molar-refractivity contribution in [2.75, 3.05) is 0 Å². The Kier molecular flexibility index (Phi) is 4.25. The molecule has 4 heteroatoms. The molecule has 0 aliphatic carbocycles. The van der Waals surface area contributed by atoms with Crippen LogP contribution in [0.2, 0.25) is 0 Å². The van der Waals surface area contributed by atoms with Crippen LogP contribution in [0.15, 0.2) is 36.7 Å². The van der Waals surface area contributed by atoms with Crippen molar-refractivity contribution in [2.24, 2.45) is 5.84 Å². The Morgan fingerprint density at radius 3 is 2.65 bits per heavy atom. The first-order valence-corrected chi connectivity index (χ1v) is 6.52. The summed E-state index contributed by atoms with van der Waals surface area (Å²) in [7, 11) is 0. The van der Waals surface area contributed by atoms with E-state index in [1.165, 1.54) is 15.3 Å². The third-order valence-corrected chi connectivity index (χ3v) is 3.89. The van der Waals surface area contributed by atoms with Gasteiger partial charge in [0, 0.05) is 22.1 Å². The zero-order valence-electron chi connectivity index (χ0n) is 9.89. The molecule has 0 fully saturated rings. The summed E-state index contributed by atoms with van der Waals surface area (Å²) in [5.41, 5.74) is 4.20.